The van der Waals surface area contributed by atoms with Crippen LogP contribution in [0.25, 0.3) is 10.9 Å². The molecular formula is C23H29N3O2S. The van der Waals surface area contributed by atoms with Crippen molar-refractivity contribution in [2.24, 2.45) is 0 Å². The number of hydrogen-bond donors (Lipinski definition) is 2. The van der Waals surface area contributed by atoms with Crippen LogP contribution in [0.15, 0.2) is 47.5 Å². The van der Waals surface area contributed by atoms with Crippen LogP contribution in [-0.4, -0.2) is 34.0 Å². The summed E-state index contributed by atoms with van der Waals surface area (Å²) in [5, 5.41) is 1.22. The lowest BCUT2D eigenvalue weighted by Crippen LogP contribution is -2.33. The van der Waals surface area contributed by atoms with E-state index in [1.807, 2.05) is 30.5 Å². The van der Waals surface area contributed by atoms with Crippen LogP contribution < -0.4 is 4.74 Å². The second kappa shape index (κ2) is 7.84. The topological polar surface area (TPSA) is 69.2 Å². The Labute approximate surface area is 173 Å². The van der Waals surface area contributed by atoms with Crippen molar-refractivity contribution in [1.29, 1.82) is 4.78 Å². The Morgan fingerprint density at radius 2 is 2.00 bits per heavy atom. The van der Waals surface area contributed by atoms with Crippen molar-refractivity contribution in [3.63, 3.8) is 0 Å². The van der Waals surface area contributed by atoms with E-state index in [4.69, 9.17) is 9.52 Å². The molecule has 4 rings (SSSR count). The lowest BCUT2D eigenvalue weighted by molar-refractivity contribution is 0.139. The molecule has 1 aliphatic rings. The molecule has 1 saturated heterocycles. The van der Waals surface area contributed by atoms with Crippen LogP contribution >= 0.6 is 0 Å². The Hall–Kier alpha value is -2.31. The molecule has 0 aliphatic carbocycles. The number of likely N-dealkylation sites (tertiary alicyclic amines) is 1. The van der Waals surface area contributed by atoms with Crippen LogP contribution in [0, 0.1) is 11.7 Å². The van der Waals surface area contributed by atoms with Crippen LogP contribution in [0.1, 0.15) is 42.0 Å². The van der Waals surface area contributed by atoms with Crippen LogP contribution in [0.4, 0.5) is 0 Å². The average Bonchev–Trinajstić information content (AvgIpc) is 3.20. The third-order valence-electron chi connectivity index (χ3n) is 6.02. The Balaban J connectivity index is 1.68. The van der Waals surface area contributed by atoms with Gasteiger partial charge in [0.15, 0.2) is 0 Å². The maximum absolute atomic E-state index is 12.0. The molecule has 1 fully saturated rings. The summed E-state index contributed by atoms with van der Waals surface area (Å²) in [7, 11) is -0.935. The summed E-state index contributed by atoms with van der Waals surface area (Å²) in [6.07, 6.45) is 6.97. The van der Waals surface area contributed by atoms with E-state index in [0.717, 1.165) is 25.3 Å². The Kier molecular flexibility index (Phi) is 5.40. The molecule has 6 heteroatoms. The van der Waals surface area contributed by atoms with E-state index in [0.29, 0.717) is 10.9 Å². The van der Waals surface area contributed by atoms with Crippen molar-refractivity contribution in [3.8, 4) is 5.75 Å². The molecule has 2 aromatic carbocycles. The highest BCUT2D eigenvalue weighted by Gasteiger charge is 2.26. The third-order valence-corrected chi connectivity index (χ3v) is 7.19. The van der Waals surface area contributed by atoms with Gasteiger partial charge >= 0.3 is 0 Å². The van der Waals surface area contributed by atoms with Gasteiger partial charge < -0.3 is 9.72 Å². The van der Waals surface area contributed by atoms with E-state index in [1.54, 1.807) is 7.11 Å². The molecule has 1 aliphatic heterocycles. The number of nitrogens with zero attached hydrogens (tertiary/aromatic N) is 1. The molecule has 0 saturated carbocycles. The first-order valence-corrected chi connectivity index (χ1v) is 12.1. The summed E-state index contributed by atoms with van der Waals surface area (Å²) >= 11 is 0. The van der Waals surface area contributed by atoms with E-state index in [9.17, 15) is 4.21 Å². The van der Waals surface area contributed by atoms with Gasteiger partial charge in [0, 0.05) is 46.4 Å². The van der Waals surface area contributed by atoms with Crippen molar-refractivity contribution in [2.75, 3.05) is 19.9 Å². The highest BCUT2D eigenvalue weighted by atomic mass is 32.2. The van der Waals surface area contributed by atoms with Gasteiger partial charge in [-0.25, -0.2) is 8.99 Å². The van der Waals surface area contributed by atoms with Crippen LogP contribution in [0.2, 0.25) is 0 Å². The molecular weight excluding hydrogens is 382 g/mol. The maximum Gasteiger partial charge on any atom is 0.124 e. The number of benzene rings is 2. The number of aromatic amines is 1. The number of nitrogens with one attached hydrogen (secondary N) is 2. The van der Waals surface area contributed by atoms with Crippen molar-refractivity contribution < 1.29 is 8.95 Å². The minimum atomic E-state index is -2.68. The van der Waals surface area contributed by atoms with Crippen molar-refractivity contribution in [1.82, 2.24) is 9.88 Å². The quantitative estimate of drug-likeness (QED) is 0.603. The SMILES string of the molecule is COc1cc(C)c2[nH]ccc2c1CN1CCCCC1c1ccc(S(C)(=N)=O)cc1. The van der Waals surface area contributed by atoms with Crippen molar-refractivity contribution in [3.05, 3.63) is 59.3 Å². The molecule has 29 heavy (non-hydrogen) atoms. The summed E-state index contributed by atoms with van der Waals surface area (Å²) in [4.78, 5) is 6.49. The second-order valence-corrected chi connectivity index (χ2v) is 10.2. The van der Waals surface area contributed by atoms with Crippen LogP contribution in [0.5, 0.6) is 5.75 Å². The zero-order valence-corrected chi connectivity index (χ0v) is 18.1. The van der Waals surface area contributed by atoms with Gasteiger partial charge in [0.05, 0.1) is 16.8 Å². The van der Waals surface area contributed by atoms with E-state index >= 15 is 0 Å². The van der Waals surface area contributed by atoms with Crippen LogP contribution in [0.3, 0.4) is 0 Å². The largest absolute Gasteiger partial charge is 0.496 e. The molecule has 1 aromatic heterocycles. The molecule has 5 nitrogen and oxygen atoms in total. The molecule has 0 spiro atoms. The molecule has 2 atom stereocenters. The van der Waals surface area contributed by atoms with Crippen LogP contribution in [-0.2, 0) is 16.3 Å². The summed E-state index contributed by atoms with van der Waals surface area (Å²) in [5.74, 6) is 0.939. The number of fused-ring (bicyclic) bond motifs is 1. The summed E-state index contributed by atoms with van der Waals surface area (Å²) in [6, 6.07) is 12.4. The van der Waals surface area contributed by atoms with E-state index in [1.165, 1.54) is 46.7 Å². The molecule has 2 heterocycles. The monoisotopic (exact) mass is 411 g/mol. The molecule has 0 bridgehead atoms. The molecule has 154 valence electrons. The van der Waals surface area contributed by atoms with Gasteiger partial charge in [-0.05, 0) is 61.7 Å². The minimum absolute atomic E-state index is 0.316. The summed E-state index contributed by atoms with van der Waals surface area (Å²) < 4.78 is 25.6. The fourth-order valence-corrected chi connectivity index (χ4v) is 5.15. The highest BCUT2D eigenvalue weighted by molar-refractivity contribution is 7.91. The number of hydrogen-bond acceptors (Lipinski definition) is 4. The van der Waals surface area contributed by atoms with Crippen molar-refractivity contribution >= 4 is 20.6 Å². The van der Waals surface area contributed by atoms with Gasteiger partial charge in [-0.3, -0.25) is 4.90 Å². The number of rotatable bonds is 5. The zero-order chi connectivity index (χ0) is 20.6. The molecule has 0 radical (unpaired) electrons. The number of methoxy groups -OCH3 is 1. The predicted molar refractivity (Wildman–Crippen MR) is 118 cm³/mol. The molecule has 3 aromatic rings. The fraction of sp³-hybridized carbons (Fsp3) is 0.391. The normalized spacial score (nSPS) is 19.9. The summed E-state index contributed by atoms with van der Waals surface area (Å²) in [5.41, 5.74) is 4.82. The number of ether oxygens (including phenoxy) is 1. The van der Waals surface area contributed by atoms with Gasteiger partial charge in [-0.1, -0.05) is 18.6 Å². The van der Waals surface area contributed by atoms with E-state index in [-0.39, 0.29) is 0 Å². The zero-order valence-electron chi connectivity index (χ0n) is 17.3. The van der Waals surface area contributed by atoms with Crippen molar-refractivity contribution in [2.45, 2.75) is 43.7 Å². The van der Waals surface area contributed by atoms with Gasteiger partial charge in [0.25, 0.3) is 0 Å². The first kappa shape index (κ1) is 20.0. The third kappa shape index (κ3) is 3.91. The highest BCUT2D eigenvalue weighted by Crippen LogP contribution is 2.37. The average molecular weight is 412 g/mol. The lowest BCUT2D eigenvalue weighted by atomic mass is 9.94. The lowest BCUT2D eigenvalue weighted by Gasteiger charge is -2.36. The maximum atomic E-state index is 12.0. The standard InChI is InChI=1S/C23H29N3O2S/c1-16-14-22(28-2)20(19-11-12-25-23(16)19)15-26-13-5-4-6-21(26)17-7-9-18(10-8-17)29(3,24)27/h7-12,14,21,24-25H,4-6,13,15H2,1-3H3. The Bertz CT molecular complexity index is 1120. The van der Waals surface area contributed by atoms with E-state index in [2.05, 4.69) is 28.9 Å². The smallest absolute Gasteiger partial charge is 0.124 e. The first-order valence-electron chi connectivity index (χ1n) is 10.1. The molecule has 0 amide bonds. The molecule has 2 N–H and O–H groups in total. The Morgan fingerprint density at radius 1 is 1.24 bits per heavy atom. The number of H-pyrrole nitrogens is 1. The Morgan fingerprint density at radius 3 is 2.69 bits per heavy atom. The predicted octanol–water partition coefficient (Wildman–Crippen LogP) is 5.25. The minimum Gasteiger partial charge on any atom is -0.496 e. The van der Waals surface area contributed by atoms with E-state index < -0.39 is 9.73 Å². The van der Waals surface area contributed by atoms with Gasteiger partial charge in [0.1, 0.15) is 5.75 Å². The second-order valence-electron chi connectivity index (χ2n) is 8.04. The fourth-order valence-electron chi connectivity index (χ4n) is 4.49. The van der Waals surface area contributed by atoms with Gasteiger partial charge in [-0.15, -0.1) is 0 Å². The number of piperidine rings is 1. The number of aromatic nitrogens is 1. The van der Waals surface area contributed by atoms with Gasteiger partial charge in [0.2, 0.25) is 0 Å². The molecule has 2 unspecified atom stereocenters. The first-order chi connectivity index (χ1) is 13.9. The number of aryl methyl sites for hydroxylation is 1. The van der Waals surface area contributed by atoms with Gasteiger partial charge in [-0.2, -0.15) is 0 Å². The summed E-state index contributed by atoms with van der Waals surface area (Å²) in [6.45, 7) is 3.97.